The van der Waals surface area contributed by atoms with Crippen molar-refractivity contribution in [1.29, 1.82) is 0 Å². The minimum atomic E-state index is -2.17. The molecular weight excluding hydrogens is 292 g/mol. The van der Waals surface area contributed by atoms with Crippen molar-refractivity contribution < 1.29 is 11.0 Å². The van der Waals surface area contributed by atoms with Gasteiger partial charge < -0.3 is 15.1 Å². The van der Waals surface area contributed by atoms with E-state index in [0.717, 1.165) is 4.88 Å². The maximum Gasteiger partial charge on any atom is 0.127 e. The summed E-state index contributed by atoms with van der Waals surface area (Å²) >= 11 is 1.30. The maximum absolute atomic E-state index is 8.53. The van der Waals surface area contributed by atoms with E-state index in [1.54, 1.807) is 0 Å². The smallest absolute Gasteiger partial charge is 0.127 e. The summed E-state index contributed by atoms with van der Waals surface area (Å²) in [5, 5.41) is 3.67. The number of benzene rings is 1. The monoisotopic (exact) mass is 320 g/mol. The largest absolute Gasteiger partial charge is 0.355 e. The van der Waals surface area contributed by atoms with Gasteiger partial charge in [-0.3, -0.25) is 0 Å². The molecule has 0 spiro atoms. The van der Waals surface area contributed by atoms with Crippen molar-refractivity contribution in [2.24, 2.45) is 4.99 Å². The third kappa shape index (κ3) is 2.40. The zero-order chi connectivity index (χ0) is 22.0. The van der Waals surface area contributed by atoms with Crippen LogP contribution in [-0.4, -0.2) is 43.0 Å². The highest BCUT2D eigenvalue weighted by molar-refractivity contribution is 7.09. The number of hydrogen-bond acceptors (Lipinski definition) is 5. The Labute approximate surface area is 145 Å². The summed E-state index contributed by atoms with van der Waals surface area (Å²) in [4.78, 5) is 8.62. The van der Waals surface area contributed by atoms with Crippen molar-refractivity contribution in [3.8, 4) is 0 Å². The first-order chi connectivity index (χ1) is 14.0. The minimum Gasteiger partial charge on any atom is -0.355 e. The van der Waals surface area contributed by atoms with E-state index in [4.69, 9.17) is 11.0 Å². The van der Waals surface area contributed by atoms with Crippen LogP contribution >= 0.6 is 11.3 Å². The summed E-state index contributed by atoms with van der Waals surface area (Å²) in [5.41, 5.74) is 0.273. The fourth-order valence-electron chi connectivity index (χ4n) is 2.62. The maximum atomic E-state index is 8.53. The van der Waals surface area contributed by atoms with Gasteiger partial charge in [0.2, 0.25) is 0 Å². The van der Waals surface area contributed by atoms with E-state index in [1.165, 1.54) is 16.2 Å². The molecule has 1 saturated heterocycles. The van der Waals surface area contributed by atoms with Gasteiger partial charge in [-0.15, -0.1) is 11.3 Å². The lowest BCUT2D eigenvalue weighted by Crippen LogP contribution is -2.47. The quantitative estimate of drug-likeness (QED) is 0.868. The van der Waals surface area contributed by atoms with E-state index in [2.05, 4.69) is 10.3 Å². The van der Waals surface area contributed by atoms with Crippen LogP contribution in [0.3, 0.4) is 0 Å². The molecule has 0 saturated carbocycles. The average Bonchev–Trinajstić information content (AvgIpc) is 2.87. The molecule has 0 bridgehead atoms. The van der Waals surface area contributed by atoms with Gasteiger partial charge in [-0.1, -0.05) is 12.1 Å². The number of rotatable bonds is 1. The van der Waals surface area contributed by atoms with Gasteiger partial charge in [0.15, 0.2) is 0 Å². The van der Waals surface area contributed by atoms with Crippen LogP contribution in [0.2, 0.25) is 0 Å². The average molecular weight is 320 g/mol. The second-order valence-electron chi connectivity index (χ2n) is 5.25. The molecule has 2 aromatic rings. The number of fused-ring (bicyclic) bond motifs is 2. The van der Waals surface area contributed by atoms with Gasteiger partial charge in [0.25, 0.3) is 0 Å². The molecule has 2 aliphatic rings. The lowest BCUT2D eigenvalue weighted by Gasteiger charge is -2.35. The molecule has 2 aliphatic heterocycles. The van der Waals surface area contributed by atoms with Gasteiger partial charge in [0, 0.05) is 35.2 Å². The molecule has 1 N–H and O–H groups in total. The highest BCUT2D eigenvalue weighted by Crippen LogP contribution is 2.27. The highest BCUT2D eigenvalue weighted by Gasteiger charge is 2.20. The number of aryl methyl sites for hydroxylation is 1. The molecule has 0 unspecified atom stereocenters. The van der Waals surface area contributed by atoms with Crippen molar-refractivity contribution in [3.05, 3.63) is 45.0 Å². The lowest BCUT2D eigenvalue weighted by atomic mass is 10.2. The normalized spacial score (nSPS) is 23.9. The third-order valence-corrected chi connectivity index (χ3v) is 4.62. The second-order valence-corrected chi connectivity index (χ2v) is 6.45. The number of nitrogens with zero attached hydrogens (tertiary/aromatic N) is 3. The number of hydrogen-bond donors (Lipinski definition) is 1. The zero-order valence-electron chi connectivity index (χ0n) is 20.1. The Balaban J connectivity index is 1.89. The Morgan fingerprint density at radius 1 is 1.27 bits per heavy atom. The van der Waals surface area contributed by atoms with Gasteiger partial charge in [-0.2, -0.15) is 0 Å². The molecule has 3 heterocycles. The van der Waals surface area contributed by atoms with Crippen molar-refractivity contribution in [2.45, 2.75) is 6.92 Å². The van der Waals surface area contributed by atoms with E-state index in [-0.39, 0.29) is 41.6 Å². The van der Waals surface area contributed by atoms with Crippen molar-refractivity contribution in [3.63, 3.8) is 0 Å². The van der Waals surface area contributed by atoms with E-state index in [1.807, 2.05) is 11.8 Å². The first-order valence-corrected chi connectivity index (χ1v) is 7.88. The first kappa shape index (κ1) is 7.62. The lowest BCUT2D eigenvalue weighted by molar-refractivity contribution is 0.206. The standard InChI is InChI=1S/C17H20N4S/c1-12-11-13-16(21-9-7-20(2)8-10-21)18-14-5-3-4-6-15(14)19-17(13)22-12/h3-6,11,18H,7-10H2,1-2H3/i2D3,3D,4D,5D,6D,11D. The zero-order valence-corrected chi connectivity index (χ0v) is 12.9. The van der Waals surface area contributed by atoms with E-state index in [9.17, 15) is 0 Å². The molecule has 5 heteroatoms. The van der Waals surface area contributed by atoms with Crippen LogP contribution < -0.4 is 15.2 Å². The molecule has 0 atom stereocenters. The Kier molecular flexibility index (Phi) is 1.87. The fourth-order valence-corrected chi connectivity index (χ4v) is 3.45. The first-order valence-electron chi connectivity index (χ1n) is 11.1. The Morgan fingerprint density at radius 2 is 2.09 bits per heavy atom. The van der Waals surface area contributed by atoms with E-state index >= 15 is 0 Å². The summed E-state index contributed by atoms with van der Waals surface area (Å²) in [6.07, 6.45) is 0. The predicted molar refractivity (Wildman–Crippen MR) is 92.0 cm³/mol. The molecule has 4 rings (SSSR count). The Hall–Kier alpha value is -1.85. The SMILES string of the molecule is [2H]c1c([2H])c([2H])c2c(c1[2H])N=c1sc(C)c([2H])c1=C(N1CCN(C([2H])([2H])[2H])CC1)N2. The van der Waals surface area contributed by atoms with E-state index < -0.39 is 6.98 Å². The van der Waals surface area contributed by atoms with Crippen molar-refractivity contribution in [1.82, 2.24) is 9.80 Å². The molecule has 114 valence electrons. The molecule has 22 heavy (non-hydrogen) atoms. The van der Waals surface area contributed by atoms with Gasteiger partial charge in [-0.25, -0.2) is 4.99 Å². The Morgan fingerprint density at radius 3 is 2.91 bits per heavy atom. The van der Waals surface area contributed by atoms with Crippen LogP contribution in [0.15, 0.2) is 35.2 Å². The summed E-state index contributed by atoms with van der Waals surface area (Å²) in [6, 6.07) is -0.912. The molecular formula is C17H20N4S. The van der Waals surface area contributed by atoms with Crippen LogP contribution in [0.25, 0.3) is 5.82 Å². The number of para-hydroxylation sites is 2. The summed E-state index contributed by atoms with van der Waals surface area (Å²) < 4.78 is 64.4. The summed E-state index contributed by atoms with van der Waals surface area (Å²) in [7, 11) is 0. The molecule has 0 radical (unpaired) electrons. The second kappa shape index (κ2) is 5.41. The molecule has 1 fully saturated rings. The number of anilines is 1. The van der Waals surface area contributed by atoms with Gasteiger partial charge in [-0.05, 0) is 32.0 Å². The summed E-state index contributed by atoms with van der Waals surface area (Å²) in [6.45, 7) is 1.06. The fraction of sp³-hybridized carbons (Fsp3) is 0.353. The van der Waals surface area contributed by atoms with Gasteiger partial charge >= 0.3 is 0 Å². The van der Waals surface area contributed by atoms with Crippen LogP contribution in [0.4, 0.5) is 11.4 Å². The number of piperazine rings is 1. The number of likely N-dealkylation sites (N-methyl/N-ethyl adjacent to an activating group) is 1. The summed E-state index contributed by atoms with van der Waals surface area (Å²) in [5.74, 6) is 0.525. The molecule has 0 aliphatic carbocycles. The molecule has 1 aromatic heterocycles. The number of thiophene rings is 1. The minimum absolute atomic E-state index is 0.111. The van der Waals surface area contributed by atoms with E-state index in [0.29, 0.717) is 41.9 Å². The topological polar surface area (TPSA) is 30.9 Å². The Bertz CT molecular complexity index is 1150. The van der Waals surface area contributed by atoms with Crippen LogP contribution in [-0.2, 0) is 0 Å². The highest BCUT2D eigenvalue weighted by atomic mass is 32.1. The van der Waals surface area contributed by atoms with Crippen LogP contribution in [0, 0.1) is 6.92 Å². The van der Waals surface area contributed by atoms with Crippen LogP contribution in [0.1, 0.15) is 15.8 Å². The molecule has 1 aromatic carbocycles. The van der Waals surface area contributed by atoms with Gasteiger partial charge in [0.1, 0.15) is 10.5 Å². The third-order valence-electron chi connectivity index (χ3n) is 3.72. The van der Waals surface area contributed by atoms with Crippen molar-refractivity contribution >= 4 is 28.5 Å². The molecule has 0 amide bonds. The predicted octanol–water partition coefficient (Wildman–Crippen LogP) is 1.75. The molecule has 4 nitrogen and oxygen atoms in total. The van der Waals surface area contributed by atoms with Crippen molar-refractivity contribution in [2.75, 3.05) is 38.5 Å². The number of nitrogens with one attached hydrogen (secondary N) is 1. The van der Waals surface area contributed by atoms with Crippen LogP contribution in [0.5, 0.6) is 0 Å². The van der Waals surface area contributed by atoms with Gasteiger partial charge in [0.05, 0.1) is 23.4 Å².